The highest BCUT2D eigenvalue weighted by Gasteiger charge is 2.40. The third kappa shape index (κ3) is 4.53. The van der Waals surface area contributed by atoms with Gasteiger partial charge in [-0.15, -0.1) is 0 Å². The molecule has 3 aromatic rings. The maximum atomic E-state index is 13.6. The van der Waals surface area contributed by atoms with Gasteiger partial charge in [0, 0.05) is 5.69 Å². The highest BCUT2D eigenvalue weighted by Crippen LogP contribution is 2.35. The van der Waals surface area contributed by atoms with Crippen molar-refractivity contribution in [3.05, 3.63) is 94.7 Å². The van der Waals surface area contributed by atoms with E-state index < -0.39 is 0 Å². The number of amides is 2. The largest absolute Gasteiger partial charge is 0.494 e. The van der Waals surface area contributed by atoms with Crippen LogP contribution in [0.2, 0.25) is 0 Å². The van der Waals surface area contributed by atoms with Crippen LogP contribution >= 0.6 is 0 Å². The summed E-state index contributed by atoms with van der Waals surface area (Å²) in [5.74, 6) is 0.0194. The van der Waals surface area contributed by atoms with Gasteiger partial charge in [-0.1, -0.05) is 43.3 Å². The topological polar surface area (TPSA) is 58.6 Å². The monoisotopic (exact) mass is 440 g/mol. The lowest BCUT2D eigenvalue weighted by atomic mass is 10.0. The van der Waals surface area contributed by atoms with Gasteiger partial charge in [0.05, 0.1) is 17.9 Å². The van der Waals surface area contributed by atoms with Crippen LogP contribution < -0.4 is 15.0 Å². The molecule has 5 nitrogen and oxygen atoms in total. The number of ether oxygens (including phenoxy) is 1. The molecule has 1 aliphatic rings. The van der Waals surface area contributed by atoms with E-state index in [1.54, 1.807) is 6.07 Å². The summed E-state index contributed by atoms with van der Waals surface area (Å²) >= 11 is 0. The van der Waals surface area contributed by atoms with E-state index in [9.17, 15) is 9.59 Å². The Morgan fingerprint density at radius 2 is 1.58 bits per heavy atom. The Balaban J connectivity index is 1.79. The summed E-state index contributed by atoms with van der Waals surface area (Å²) in [7, 11) is 0. The molecule has 0 aliphatic carbocycles. The number of imide groups is 1. The van der Waals surface area contributed by atoms with Crippen LogP contribution in [0.5, 0.6) is 5.75 Å². The van der Waals surface area contributed by atoms with Gasteiger partial charge in [0.25, 0.3) is 11.8 Å². The molecule has 0 aromatic heterocycles. The second-order valence-electron chi connectivity index (χ2n) is 8.35. The first kappa shape index (κ1) is 22.3. The number of nitrogens with one attached hydrogen (secondary N) is 1. The summed E-state index contributed by atoms with van der Waals surface area (Å²) in [4.78, 5) is 28.4. The van der Waals surface area contributed by atoms with Crippen LogP contribution in [0.15, 0.2) is 72.4 Å². The number of carbonyl (C=O) groups is 2. The lowest BCUT2D eigenvalue weighted by Gasteiger charge is -2.16. The van der Waals surface area contributed by atoms with Crippen molar-refractivity contribution in [3.8, 4) is 5.75 Å². The van der Waals surface area contributed by atoms with Crippen molar-refractivity contribution in [1.82, 2.24) is 0 Å². The molecule has 1 heterocycles. The number of hydrogen-bond acceptors (Lipinski definition) is 4. The molecule has 5 heteroatoms. The molecule has 168 valence electrons. The van der Waals surface area contributed by atoms with E-state index in [0.29, 0.717) is 23.4 Å². The SMILES string of the molecule is CCCOc1ccc(C2=C(Nc3cc(C)ccc3C)C(=O)N(c3cccc(C)c3)C2=O)cc1. The van der Waals surface area contributed by atoms with Crippen molar-refractivity contribution in [3.63, 3.8) is 0 Å². The number of benzene rings is 3. The summed E-state index contributed by atoms with van der Waals surface area (Å²) < 4.78 is 5.68. The van der Waals surface area contributed by atoms with E-state index in [2.05, 4.69) is 5.32 Å². The minimum atomic E-state index is -0.368. The molecule has 0 radical (unpaired) electrons. The van der Waals surface area contributed by atoms with Crippen LogP contribution in [-0.4, -0.2) is 18.4 Å². The van der Waals surface area contributed by atoms with Gasteiger partial charge in [0.2, 0.25) is 0 Å². The molecule has 0 spiro atoms. The highest BCUT2D eigenvalue weighted by atomic mass is 16.5. The van der Waals surface area contributed by atoms with Crippen molar-refractivity contribution >= 4 is 28.8 Å². The van der Waals surface area contributed by atoms with Gasteiger partial charge >= 0.3 is 0 Å². The summed E-state index contributed by atoms with van der Waals surface area (Å²) in [6, 6.07) is 20.7. The van der Waals surface area contributed by atoms with Crippen LogP contribution in [-0.2, 0) is 9.59 Å². The molecule has 0 atom stereocenters. The smallest absolute Gasteiger partial charge is 0.282 e. The standard InChI is InChI=1S/C28H28N2O3/c1-5-15-33-23-13-11-21(12-14-23)25-26(29-24-17-19(3)9-10-20(24)4)28(32)30(27(25)31)22-8-6-7-18(2)16-22/h6-14,16-17,29H,5,15H2,1-4H3. The molecule has 0 unspecified atom stereocenters. The van der Waals surface area contributed by atoms with E-state index >= 15 is 0 Å². The highest BCUT2D eigenvalue weighted by molar-refractivity contribution is 6.46. The van der Waals surface area contributed by atoms with Crippen molar-refractivity contribution in [2.75, 3.05) is 16.8 Å². The number of rotatable bonds is 7. The fourth-order valence-corrected chi connectivity index (χ4v) is 3.86. The van der Waals surface area contributed by atoms with Crippen molar-refractivity contribution in [2.45, 2.75) is 34.1 Å². The van der Waals surface area contributed by atoms with Crippen molar-refractivity contribution in [2.24, 2.45) is 0 Å². The van der Waals surface area contributed by atoms with E-state index in [1.807, 2.05) is 88.4 Å². The lowest BCUT2D eigenvalue weighted by Crippen LogP contribution is -2.32. The fourth-order valence-electron chi connectivity index (χ4n) is 3.86. The van der Waals surface area contributed by atoms with Crippen LogP contribution in [0.1, 0.15) is 35.6 Å². The minimum absolute atomic E-state index is 0.275. The first-order chi connectivity index (χ1) is 15.9. The van der Waals surface area contributed by atoms with Crippen molar-refractivity contribution < 1.29 is 14.3 Å². The lowest BCUT2D eigenvalue weighted by molar-refractivity contribution is -0.120. The molecule has 0 fully saturated rings. The Labute approximate surface area is 194 Å². The average molecular weight is 441 g/mol. The van der Waals surface area contributed by atoms with Gasteiger partial charge in [-0.2, -0.15) is 0 Å². The second kappa shape index (κ2) is 9.33. The maximum Gasteiger partial charge on any atom is 0.282 e. The zero-order valence-electron chi connectivity index (χ0n) is 19.4. The molecular formula is C28H28N2O3. The van der Waals surface area contributed by atoms with E-state index in [-0.39, 0.29) is 17.5 Å². The molecule has 33 heavy (non-hydrogen) atoms. The van der Waals surface area contributed by atoms with Gasteiger partial charge in [-0.25, -0.2) is 4.90 Å². The Bertz CT molecular complexity index is 1240. The Morgan fingerprint density at radius 1 is 0.848 bits per heavy atom. The van der Waals surface area contributed by atoms with E-state index in [1.165, 1.54) is 4.90 Å². The van der Waals surface area contributed by atoms with Gasteiger partial charge in [0.1, 0.15) is 11.4 Å². The first-order valence-corrected chi connectivity index (χ1v) is 11.2. The summed E-state index contributed by atoms with van der Waals surface area (Å²) in [5.41, 5.74) is 5.69. The molecule has 0 saturated carbocycles. The number of hydrogen-bond donors (Lipinski definition) is 1. The number of aryl methyl sites for hydroxylation is 3. The molecule has 4 rings (SSSR count). The van der Waals surface area contributed by atoms with Crippen molar-refractivity contribution in [1.29, 1.82) is 0 Å². The number of nitrogens with zero attached hydrogens (tertiary/aromatic N) is 1. The molecular weight excluding hydrogens is 412 g/mol. The predicted octanol–water partition coefficient (Wildman–Crippen LogP) is 5.80. The maximum absolute atomic E-state index is 13.6. The third-order valence-electron chi connectivity index (χ3n) is 5.61. The van der Waals surface area contributed by atoms with E-state index in [0.717, 1.165) is 34.5 Å². The molecule has 0 bridgehead atoms. The quantitative estimate of drug-likeness (QED) is 0.472. The predicted molar refractivity (Wildman–Crippen MR) is 132 cm³/mol. The van der Waals surface area contributed by atoms with E-state index in [4.69, 9.17) is 4.74 Å². The van der Waals surface area contributed by atoms with Gasteiger partial charge in [-0.05, 0) is 79.8 Å². The Hall–Kier alpha value is -3.86. The van der Waals surface area contributed by atoms with Crippen LogP contribution in [0, 0.1) is 20.8 Å². The summed E-state index contributed by atoms with van der Waals surface area (Å²) in [6.45, 7) is 8.58. The third-order valence-corrected chi connectivity index (χ3v) is 5.61. The zero-order valence-corrected chi connectivity index (χ0v) is 19.4. The zero-order chi connectivity index (χ0) is 23.5. The molecule has 1 N–H and O–H groups in total. The molecule has 3 aromatic carbocycles. The van der Waals surface area contributed by atoms with Crippen LogP contribution in [0.4, 0.5) is 11.4 Å². The normalized spacial score (nSPS) is 13.6. The second-order valence-corrected chi connectivity index (χ2v) is 8.35. The molecule has 2 amide bonds. The van der Waals surface area contributed by atoms with Gasteiger partial charge < -0.3 is 10.1 Å². The average Bonchev–Trinajstić information content (AvgIpc) is 3.04. The first-order valence-electron chi connectivity index (χ1n) is 11.2. The van der Waals surface area contributed by atoms with Crippen LogP contribution in [0.25, 0.3) is 5.57 Å². The Kier molecular flexibility index (Phi) is 6.31. The number of anilines is 2. The fraction of sp³-hybridized carbons (Fsp3) is 0.214. The minimum Gasteiger partial charge on any atom is -0.494 e. The van der Waals surface area contributed by atoms with Gasteiger partial charge in [0.15, 0.2) is 0 Å². The molecule has 0 saturated heterocycles. The Morgan fingerprint density at radius 3 is 2.27 bits per heavy atom. The number of carbonyl (C=O) groups excluding carboxylic acids is 2. The van der Waals surface area contributed by atoms with Gasteiger partial charge in [-0.3, -0.25) is 9.59 Å². The summed E-state index contributed by atoms with van der Waals surface area (Å²) in [5, 5.41) is 3.28. The summed E-state index contributed by atoms with van der Waals surface area (Å²) in [6.07, 6.45) is 0.912. The van der Waals surface area contributed by atoms with Crippen LogP contribution in [0.3, 0.4) is 0 Å². The molecule has 1 aliphatic heterocycles.